The van der Waals surface area contributed by atoms with Crippen LogP contribution < -0.4 is 20.1 Å². The van der Waals surface area contributed by atoms with Crippen molar-refractivity contribution in [1.29, 1.82) is 0 Å². The van der Waals surface area contributed by atoms with Gasteiger partial charge in [-0.2, -0.15) is 0 Å². The number of nitrogens with one attached hydrogen (secondary N) is 2. The molecule has 6 heteroatoms. The molecule has 2 amide bonds. The van der Waals surface area contributed by atoms with E-state index in [2.05, 4.69) is 10.6 Å². The van der Waals surface area contributed by atoms with Crippen LogP contribution in [0.1, 0.15) is 20.7 Å². The summed E-state index contributed by atoms with van der Waals surface area (Å²) in [7, 11) is 3.15. The molecule has 3 aromatic carbocycles. The van der Waals surface area contributed by atoms with Crippen molar-refractivity contribution in [3.8, 4) is 11.5 Å². The Labute approximate surface area is 163 Å². The lowest BCUT2D eigenvalue weighted by atomic mass is 10.2. The summed E-state index contributed by atoms with van der Waals surface area (Å²) < 4.78 is 10.2. The molecule has 0 fully saturated rings. The Kier molecular flexibility index (Phi) is 5.91. The minimum atomic E-state index is -0.224. The third kappa shape index (κ3) is 4.67. The molecule has 3 rings (SSSR count). The Bertz CT molecular complexity index is 869. The van der Waals surface area contributed by atoms with Crippen LogP contribution in [0.2, 0.25) is 0 Å². The van der Waals surface area contributed by atoms with Crippen molar-refractivity contribution >= 4 is 23.2 Å². The van der Waals surface area contributed by atoms with Crippen LogP contribution in [0.4, 0.5) is 11.4 Å². The highest BCUT2D eigenvalue weighted by Gasteiger charge is 2.08. The Morgan fingerprint density at radius 3 is 1.18 bits per heavy atom. The predicted molar refractivity (Wildman–Crippen MR) is 108 cm³/mol. The van der Waals surface area contributed by atoms with Crippen molar-refractivity contribution < 1.29 is 19.1 Å². The number of hydrogen-bond donors (Lipinski definition) is 2. The van der Waals surface area contributed by atoms with Crippen LogP contribution in [0.15, 0.2) is 72.8 Å². The first-order valence-corrected chi connectivity index (χ1v) is 8.60. The highest BCUT2D eigenvalue weighted by Crippen LogP contribution is 2.18. The molecule has 0 heterocycles. The molecule has 6 nitrogen and oxygen atoms in total. The molecule has 0 spiro atoms. The van der Waals surface area contributed by atoms with E-state index in [-0.39, 0.29) is 11.8 Å². The second-order valence-corrected chi connectivity index (χ2v) is 5.94. The van der Waals surface area contributed by atoms with Gasteiger partial charge in [0, 0.05) is 22.5 Å². The van der Waals surface area contributed by atoms with Gasteiger partial charge in [-0.1, -0.05) is 0 Å². The van der Waals surface area contributed by atoms with Gasteiger partial charge in [0.25, 0.3) is 11.8 Å². The molecule has 0 unspecified atom stereocenters. The lowest BCUT2D eigenvalue weighted by Gasteiger charge is -2.09. The molecule has 28 heavy (non-hydrogen) atoms. The van der Waals surface area contributed by atoms with Crippen LogP contribution in [0.3, 0.4) is 0 Å². The molecule has 142 valence electrons. The molecule has 0 radical (unpaired) electrons. The van der Waals surface area contributed by atoms with E-state index in [0.29, 0.717) is 34.0 Å². The van der Waals surface area contributed by atoms with E-state index in [9.17, 15) is 9.59 Å². The normalized spacial score (nSPS) is 10.1. The summed E-state index contributed by atoms with van der Waals surface area (Å²) in [5.74, 6) is 0.928. The molecule has 0 aliphatic rings. The van der Waals surface area contributed by atoms with Crippen molar-refractivity contribution in [2.75, 3.05) is 24.9 Å². The van der Waals surface area contributed by atoms with Crippen LogP contribution in [0, 0.1) is 0 Å². The van der Waals surface area contributed by atoms with Crippen LogP contribution >= 0.6 is 0 Å². The standard InChI is InChI=1S/C22H20N2O4/c1-27-19-11-3-15(4-12-19)21(25)23-17-7-9-18(10-8-17)24-22(26)16-5-13-20(28-2)14-6-16/h3-14H,1-2H3,(H,23,25)(H,24,26). The van der Waals surface area contributed by atoms with Crippen LogP contribution in [-0.4, -0.2) is 26.0 Å². The fraction of sp³-hybridized carbons (Fsp3) is 0.0909. The lowest BCUT2D eigenvalue weighted by Crippen LogP contribution is -2.13. The number of carbonyl (C=O) groups excluding carboxylic acids is 2. The zero-order chi connectivity index (χ0) is 19.9. The Morgan fingerprint density at radius 2 is 0.893 bits per heavy atom. The Balaban J connectivity index is 1.60. The van der Waals surface area contributed by atoms with E-state index in [1.54, 1.807) is 87.0 Å². The number of methoxy groups -OCH3 is 2. The fourth-order valence-corrected chi connectivity index (χ4v) is 2.53. The third-order valence-corrected chi connectivity index (χ3v) is 4.11. The first-order valence-electron chi connectivity index (χ1n) is 8.60. The first-order chi connectivity index (χ1) is 13.6. The average molecular weight is 376 g/mol. The number of ether oxygens (including phenoxy) is 2. The maximum atomic E-state index is 12.3. The SMILES string of the molecule is COc1ccc(C(=O)Nc2ccc(NC(=O)c3ccc(OC)cc3)cc2)cc1. The molecule has 0 bridgehead atoms. The number of rotatable bonds is 6. The summed E-state index contributed by atoms with van der Waals surface area (Å²) in [4.78, 5) is 24.6. The van der Waals surface area contributed by atoms with Crippen molar-refractivity contribution in [1.82, 2.24) is 0 Å². The number of hydrogen-bond acceptors (Lipinski definition) is 4. The smallest absolute Gasteiger partial charge is 0.255 e. The molecule has 3 aromatic rings. The quantitative estimate of drug-likeness (QED) is 0.676. The molecule has 0 saturated heterocycles. The molecular formula is C22H20N2O4. The molecule has 0 atom stereocenters. The number of anilines is 2. The maximum absolute atomic E-state index is 12.3. The van der Waals surface area contributed by atoms with Crippen LogP contribution in [0.5, 0.6) is 11.5 Å². The fourth-order valence-electron chi connectivity index (χ4n) is 2.53. The van der Waals surface area contributed by atoms with Gasteiger partial charge in [-0.15, -0.1) is 0 Å². The van der Waals surface area contributed by atoms with Gasteiger partial charge in [0.2, 0.25) is 0 Å². The Hall–Kier alpha value is -3.80. The van der Waals surface area contributed by atoms with Gasteiger partial charge in [0.1, 0.15) is 11.5 Å². The largest absolute Gasteiger partial charge is 0.497 e. The van der Waals surface area contributed by atoms with E-state index in [0.717, 1.165) is 0 Å². The monoisotopic (exact) mass is 376 g/mol. The summed E-state index contributed by atoms with van der Waals surface area (Å²) >= 11 is 0. The van der Waals surface area contributed by atoms with Gasteiger partial charge in [-0.3, -0.25) is 9.59 Å². The second-order valence-electron chi connectivity index (χ2n) is 5.94. The van der Waals surface area contributed by atoms with Gasteiger partial charge >= 0.3 is 0 Å². The van der Waals surface area contributed by atoms with Gasteiger partial charge in [-0.05, 0) is 72.8 Å². The van der Waals surface area contributed by atoms with Crippen molar-refractivity contribution in [2.45, 2.75) is 0 Å². The van der Waals surface area contributed by atoms with E-state index < -0.39 is 0 Å². The highest BCUT2D eigenvalue weighted by atomic mass is 16.5. The van der Waals surface area contributed by atoms with Crippen LogP contribution in [-0.2, 0) is 0 Å². The highest BCUT2D eigenvalue weighted by molar-refractivity contribution is 6.05. The zero-order valence-electron chi connectivity index (χ0n) is 15.6. The van der Waals surface area contributed by atoms with E-state index in [1.807, 2.05) is 0 Å². The van der Waals surface area contributed by atoms with Crippen LogP contribution in [0.25, 0.3) is 0 Å². The molecular weight excluding hydrogens is 356 g/mol. The van der Waals surface area contributed by atoms with Gasteiger partial charge in [-0.25, -0.2) is 0 Å². The molecule has 0 aliphatic carbocycles. The average Bonchev–Trinajstić information content (AvgIpc) is 2.75. The molecule has 0 saturated carbocycles. The zero-order valence-corrected chi connectivity index (χ0v) is 15.6. The minimum Gasteiger partial charge on any atom is -0.497 e. The summed E-state index contributed by atoms with van der Waals surface area (Å²) in [5.41, 5.74) is 2.31. The summed E-state index contributed by atoms with van der Waals surface area (Å²) in [6, 6.07) is 20.6. The van der Waals surface area contributed by atoms with Gasteiger partial charge < -0.3 is 20.1 Å². The minimum absolute atomic E-state index is 0.224. The number of carbonyl (C=O) groups is 2. The Morgan fingerprint density at radius 1 is 0.571 bits per heavy atom. The molecule has 0 aromatic heterocycles. The predicted octanol–water partition coefficient (Wildman–Crippen LogP) is 4.21. The second kappa shape index (κ2) is 8.73. The van der Waals surface area contributed by atoms with Crippen molar-refractivity contribution in [2.24, 2.45) is 0 Å². The van der Waals surface area contributed by atoms with E-state index in [1.165, 1.54) is 0 Å². The first kappa shape index (κ1) is 19.0. The van der Waals surface area contributed by atoms with Crippen molar-refractivity contribution in [3.05, 3.63) is 83.9 Å². The summed E-state index contributed by atoms with van der Waals surface area (Å²) in [6.07, 6.45) is 0. The summed E-state index contributed by atoms with van der Waals surface area (Å²) in [5, 5.41) is 5.63. The topological polar surface area (TPSA) is 76.7 Å². The lowest BCUT2D eigenvalue weighted by molar-refractivity contribution is 0.101. The van der Waals surface area contributed by atoms with Gasteiger partial charge in [0.05, 0.1) is 14.2 Å². The van der Waals surface area contributed by atoms with Gasteiger partial charge in [0.15, 0.2) is 0 Å². The maximum Gasteiger partial charge on any atom is 0.255 e. The number of amides is 2. The summed E-state index contributed by atoms with van der Waals surface area (Å²) in [6.45, 7) is 0. The van der Waals surface area contributed by atoms with E-state index in [4.69, 9.17) is 9.47 Å². The van der Waals surface area contributed by atoms with E-state index >= 15 is 0 Å². The molecule has 2 N–H and O–H groups in total. The third-order valence-electron chi connectivity index (χ3n) is 4.11. The molecule has 0 aliphatic heterocycles. The number of benzene rings is 3. The van der Waals surface area contributed by atoms with Crippen molar-refractivity contribution in [3.63, 3.8) is 0 Å².